The lowest BCUT2D eigenvalue weighted by atomic mass is 9.86. The van der Waals surface area contributed by atoms with Crippen molar-refractivity contribution in [2.45, 2.75) is 31.6 Å². The molecule has 3 rings (SSSR count). The van der Waals surface area contributed by atoms with Crippen LogP contribution in [-0.2, 0) is 9.53 Å². The van der Waals surface area contributed by atoms with E-state index >= 15 is 0 Å². The Hall–Kier alpha value is -1.13. The number of hydrogen-bond acceptors (Lipinski definition) is 4. The highest BCUT2D eigenvalue weighted by Gasteiger charge is 2.56. The van der Waals surface area contributed by atoms with E-state index in [0.717, 1.165) is 25.0 Å². The number of ether oxygens (including phenoxy) is 1. The average molecular weight is 235 g/mol. The van der Waals surface area contributed by atoms with E-state index in [1.807, 2.05) is 6.92 Å². The van der Waals surface area contributed by atoms with Crippen LogP contribution in [0.4, 0.5) is 0 Å². The standard InChI is InChI=1S/C13H17NO3/c1-8-11-9(15)4-5-10(16)12(11)14-7-3-6-13(8,14)17-2/h4-5,8-9,15H,3,6-7H2,1-2H3/t8-,9?,13?/m0/s1. The van der Waals surface area contributed by atoms with Gasteiger partial charge in [-0.15, -0.1) is 0 Å². The summed E-state index contributed by atoms with van der Waals surface area (Å²) in [5.74, 6) is 0.0619. The number of fused-ring (bicyclic) bond motifs is 2. The first kappa shape index (κ1) is 11.0. The van der Waals surface area contributed by atoms with E-state index in [0.29, 0.717) is 5.70 Å². The van der Waals surface area contributed by atoms with Gasteiger partial charge in [0.15, 0.2) is 0 Å². The summed E-state index contributed by atoms with van der Waals surface area (Å²) in [7, 11) is 1.69. The lowest BCUT2D eigenvalue weighted by Gasteiger charge is -2.37. The predicted octanol–water partition coefficient (Wildman–Crippen LogP) is 0.829. The highest BCUT2D eigenvalue weighted by Crippen LogP contribution is 2.51. The molecular weight excluding hydrogens is 218 g/mol. The van der Waals surface area contributed by atoms with Gasteiger partial charge in [0.05, 0.1) is 11.8 Å². The summed E-state index contributed by atoms with van der Waals surface area (Å²) in [5, 5.41) is 10.1. The molecule has 3 aliphatic rings. The number of hydrogen-bond donors (Lipinski definition) is 1. The van der Waals surface area contributed by atoms with Crippen LogP contribution in [0.3, 0.4) is 0 Å². The molecule has 0 aromatic carbocycles. The Morgan fingerprint density at radius 3 is 3.06 bits per heavy atom. The molecule has 0 spiro atoms. The molecule has 1 N–H and O–H groups in total. The maximum absolute atomic E-state index is 12.0. The van der Waals surface area contributed by atoms with Crippen molar-refractivity contribution in [3.63, 3.8) is 0 Å². The minimum absolute atomic E-state index is 0.00187. The minimum Gasteiger partial charge on any atom is -0.385 e. The molecule has 1 aliphatic carbocycles. The van der Waals surface area contributed by atoms with Crippen molar-refractivity contribution in [3.05, 3.63) is 23.4 Å². The molecular formula is C13H17NO3. The molecule has 1 saturated heterocycles. The summed E-state index contributed by atoms with van der Waals surface area (Å²) in [5.41, 5.74) is 1.10. The Kier molecular flexibility index (Phi) is 2.22. The van der Waals surface area contributed by atoms with Gasteiger partial charge in [-0.3, -0.25) is 4.79 Å². The monoisotopic (exact) mass is 235 g/mol. The number of allylic oxidation sites excluding steroid dienone is 1. The number of carbonyl (C=O) groups excluding carboxylic acids is 1. The summed E-state index contributed by atoms with van der Waals surface area (Å²) >= 11 is 0. The normalized spacial score (nSPS) is 39.9. The number of carbonyl (C=O) groups is 1. The fourth-order valence-electron chi connectivity index (χ4n) is 3.59. The highest BCUT2D eigenvalue weighted by atomic mass is 16.5. The molecule has 2 aliphatic heterocycles. The quantitative estimate of drug-likeness (QED) is 0.731. The molecule has 1 fully saturated rings. The molecule has 92 valence electrons. The van der Waals surface area contributed by atoms with Crippen molar-refractivity contribution in [2.75, 3.05) is 13.7 Å². The van der Waals surface area contributed by atoms with Crippen molar-refractivity contribution in [1.29, 1.82) is 0 Å². The lowest BCUT2D eigenvalue weighted by molar-refractivity contribution is -0.124. The number of aliphatic hydroxyl groups excluding tert-OH is 1. The van der Waals surface area contributed by atoms with E-state index in [9.17, 15) is 9.90 Å². The van der Waals surface area contributed by atoms with Gasteiger partial charge >= 0.3 is 0 Å². The molecule has 0 radical (unpaired) electrons. The molecule has 2 heterocycles. The average Bonchev–Trinajstić information content (AvgIpc) is 2.83. The van der Waals surface area contributed by atoms with Gasteiger partial charge in [0, 0.05) is 19.6 Å². The van der Waals surface area contributed by atoms with Gasteiger partial charge < -0.3 is 14.7 Å². The smallest absolute Gasteiger partial charge is 0.201 e. The third-order valence-electron chi connectivity index (χ3n) is 4.40. The third-order valence-corrected chi connectivity index (χ3v) is 4.40. The van der Waals surface area contributed by atoms with Crippen LogP contribution in [0.15, 0.2) is 23.4 Å². The van der Waals surface area contributed by atoms with Gasteiger partial charge in [-0.1, -0.05) is 6.92 Å². The molecule has 0 bridgehead atoms. The Morgan fingerprint density at radius 2 is 2.35 bits per heavy atom. The van der Waals surface area contributed by atoms with E-state index < -0.39 is 11.8 Å². The van der Waals surface area contributed by atoms with Crippen molar-refractivity contribution < 1.29 is 14.6 Å². The Bertz CT molecular complexity index is 440. The zero-order chi connectivity index (χ0) is 12.2. The van der Waals surface area contributed by atoms with E-state index in [2.05, 4.69) is 4.90 Å². The van der Waals surface area contributed by atoms with Gasteiger partial charge in [-0.25, -0.2) is 0 Å². The Morgan fingerprint density at radius 1 is 1.59 bits per heavy atom. The summed E-state index contributed by atoms with van der Waals surface area (Å²) in [6.07, 6.45) is 4.35. The maximum Gasteiger partial charge on any atom is 0.201 e. The van der Waals surface area contributed by atoms with Gasteiger partial charge in [0.1, 0.15) is 5.72 Å². The van der Waals surface area contributed by atoms with E-state index in [4.69, 9.17) is 4.74 Å². The molecule has 4 nitrogen and oxygen atoms in total. The number of ketones is 1. The second-order valence-corrected chi connectivity index (χ2v) is 5.00. The fourth-order valence-corrected chi connectivity index (χ4v) is 3.59. The van der Waals surface area contributed by atoms with Crippen LogP contribution in [0.25, 0.3) is 0 Å². The van der Waals surface area contributed by atoms with Crippen LogP contribution in [0.5, 0.6) is 0 Å². The molecule has 0 aromatic heterocycles. The fraction of sp³-hybridized carbons (Fsp3) is 0.615. The molecule has 17 heavy (non-hydrogen) atoms. The van der Waals surface area contributed by atoms with Crippen molar-refractivity contribution >= 4 is 5.78 Å². The van der Waals surface area contributed by atoms with E-state index in [-0.39, 0.29) is 11.7 Å². The van der Waals surface area contributed by atoms with Crippen LogP contribution in [0.1, 0.15) is 19.8 Å². The van der Waals surface area contributed by atoms with Crippen LogP contribution >= 0.6 is 0 Å². The highest BCUT2D eigenvalue weighted by molar-refractivity contribution is 6.06. The first-order chi connectivity index (χ1) is 8.12. The van der Waals surface area contributed by atoms with Crippen molar-refractivity contribution in [3.8, 4) is 0 Å². The van der Waals surface area contributed by atoms with Gasteiger partial charge in [0.25, 0.3) is 0 Å². The largest absolute Gasteiger partial charge is 0.385 e. The first-order valence-electron chi connectivity index (χ1n) is 6.09. The molecule has 4 heteroatoms. The molecule has 0 amide bonds. The maximum atomic E-state index is 12.0. The molecule has 0 aromatic rings. The van der Waals surface area contributed by atoms with Crippen molar-refractivity contribution in [2.24, 2.45) is 5.92 Å². The van der Waals surface area contributed by atoms with Crippen LogP contribution < -0.4 is 0 Å². The zero-order valence-electron chi connectivity index (χ0n) is 10.1. The Balaban J connectivity index is 2.12. The number of aliphatic hydroxyl groups is 1. The summed E-state index contributed by atoms with van der Waals surface area (Å²) in [6.45, 7) is 2.88. The number of nitrogens with zero attached hydrogens (tertiary/aromatic N) is 1. The second kappa shape index (κ2) is 3.43. The topological polar surface area (TPSA) is 49.8 Å². The van der Waals surface area contributed by atoms with Gasteiger partial charge in [0.2, 0.25) is 5.78 Å². The lowest BCUT2D eigenvalue weighted by Crippen LogP contribution is -2.46. The summed E-state index contributed by atoms with van der Waals surface area (Å²) < 4.78 is 5.72. The second-order valence-electron chi connectivity index (χ2n) is 5.00. The summed E-state index contributed by atoms with van der Waals surface area (Å²) in [6, 6.07) is 0. The SMILES string of the molecule is COC12CCCN1C1=C(C(O)C=CC1=O)[C@@H]2C. The van der Waals surface area contributed by atoms with Crippen LogP contribution in [0, 0.1) is 5.92 Å². The van der Waals surface area contributed by atoms with Crippen molar-refractivity contribution in [1.82, 2.24) is 4.90 Å². The zero-order valence-corrected chi connectivity index (χ0v) is 10.1. The first-order valence-corrected chi connectivity index (χ1v) is 6.09. The van der Waals surface area contributed by atoms with Crippen LogP contribution in [0.2, 0.25) is 0 Å². The summed E-state index contributed by atoms with van der Waals surface area (Å²) in [4.78, 5) is 14.1. The number of methoxy groups -OCH3 is 1. The molecule has 0 saturated carbocycles. The molecule has 3 atom stereocenters. The van der Waals surface area contributed by atoms with E-state index in [1.165, 1.54) is 6.08 Å². The van der Waals surface area contributed by atoms with Crippen LogP contribution in [-0.4, -0.2) is 41.3 Å². The molecule has 2 unspecified atom stereocenters. The van der Waals surface area contributed by atoms with Gasteiger partial charge in [-0.2, -0.15) is 0 Å². The third kappa shape index (κ3) is 1.17. The predicted molar refractivity (Wildman–Crippen MR) is 62.0 cm³/mol. The Labute approximate surface area is 101 Å². The minimum atomic E-state index is -0.643. The number of rotatable bonds is 1. The van der Waals surface area contributed by atoms with E-state index in [1.54, 1.807) is 13.2 Å². The van der Waals surface area contributed by atoms with Gasteiger partial charge in [-0.05, 0) is 30.6 Å².